The minimum absolute atomic E-state index is 0.0480. The molecule has 0 aliphatic carbocycles. The fraction of sp³-hybridized carbons (Fsp3) is 0.462. The zero-order chi connectivity index (χ0) is 23.8. The maximum Gasteiger partial charge on any atom is 0.260 e. The van der Waals surface area contributed by atoms with Crippen LogP contribution in [-0.4, -0.2) is 68.9 Å². The lowest BCUT2D eigenvalue weighted by Crippen LogP contribution is -2.39. The first-order valence-corrected chi connectivity index (χ1v) is 12.8. The topological polar surface area (TPSA) is 64.1 Å². The Balaban J connectivity index is 1.52. The van der Waals surface area contributed by atoms with Gasteiger partial charge in [0.25, 0.3) is 5.91 Å². The molecule has 1 amide bonds. The third-order valence-corrected chi connectivity index (χ3v) is 6.95. The van der Waals surface area contributed by atoms with Crippen molar-refractivity contribution in [2.45, 2.75) is 26.2 Å². The van der Waals surface area contributed by atoms with Crippen molar-refractivity contribution in [3.63, 3.8) is 0 Å². The second-order valence-electron chi connectivity index (χ2n) is 8.32. The van der Waals surface area contributed by atoms with Gasteiger partial charge < -0.3 is 14.2 Å². The quantitative estimate of drug-likeness (QED) is 0.363. The van der Waals surface area contributed by atoms with Crippen molar-refractivity contribution in [3.8, 4) is 11.5 Å². The Morgan fingerprint density at radius 2 is 1.88 bits per heavy atom. The molecule has 1 fully saturated rings. The van der Waals surface area contributed by atoms with Crippen LogP contribution < -0.4 is 14.4 Å². The van der Waals surface area contributed by atoms with Gasteiger partial charge in [-0.3, -0.25) is 14.6 Å². The summed E-state index contributed by atoms with van der Waals surface area (Å²) in [6.45, 7) is 7.77. The highest BCUT2D eigenvalue weighted by Crippen LogP contribution is 2.32. The van der Waals surface area contributed by atoms with Gasteiger partial charge in [-0.05, 0) is 49.2 Å². The number of rotatable bonds is 11. The van der Waals surface area contributed by atoms with E-state index in [0.29, 0.717) is 23.8 Å². The number of hydrogen-bond acceptors (Lipinski definition) is 7. The van der Waals surface area contributed by atoms with Gasteiger partial charge in [-0.15, -0.1) is 0 Å². The molecule has 0 spiro atoms. The predicted molar refractivity (Wildman–Crippen MR) is 137 cm³/mol. The summed E-state index contributed by atoms with van der Waals surface area (Å²) in [6.07, 6.45) is 2.97. The Kier molecular flexibility index (Phi) is 8.73. The number of carbonyl (C=O) groups is 1. The van der Waals surface area contributed by atoms with Gasteiger partial charge in [-0.25, -0.2) is 4.98 Å². The Hall–Kier alpha value is -2.68. The van der Waals surface area contributed by atoms with Gasteiger partial charge in [0.2, 0.25) is 0 Å². The Morgan fingerprint density at radius 1 is 1.12 bits per heavy atom. The van der Waals surface area contributed by atoms with Crippen LogP contribution >= 0.6 is 11.3 Å². The van der Waals surface area contributed by atoms with Gasteiger partial charge >= 0.3 is 0 Å². The van der Waals surface area contributed by atoms with Crippen molar-refractivity contribution in [1.82, 2.24) is 9.88 Å². The number of fused-ring (bicyclic) bond motifs is 1. The van der Waals surface area contributed by atoms with Gasteiger partial charge in [0, 0.05) is 37.8 Å². The van der Waals surface area contributed by atoms with E-state index in [1.165, 1.54) is 11.3 Å². The molecule has 182 valence electrons. The van der Waals surface area contributed by atoms with E-state index in [1.807, 2.05) is 47.4 Å². The van der Waals surface area contributed by atoms with Gasteiger partial charge in [0.15, 0.2) is 5.13 Å². The third kappa shape index (κ3) is 6.25. The van der Waals surface area contributed by atoms with Gasteiger partial charge in [0.1, 0.15) is 11.5 Å². The summed E-state index contributed by atoms with van der Waals surface area (Å²) in [4.78, 5) is 22.6. The van der Waals surface area contributed by atoms with E-state index in [9.17, 15) is 4.79 Å². The highest BCUT2D eigenvalue weighted by atomic mass is 32.1. The molecule has 0 unspecified atom stereocenters. The lowest BCUT2D eigenvalue weighted by molar-refractivity contribution is 0.0376. The molecule has 1 aliphatic heterocycles. The number of morpholine rings is 1. The first kappa shape index (κ1) is 24.4. The molecule has 0 atom stereocenters. The van der Waals surface area contributed by atoms with Crippen LogP contribution in [0.5, 0.6) is 11.5 Å². The molecule has 7 nitrogen and oxygen atoms in total. The maximum absolute atomic E-state index is 13.6. The molecule has 1 saturated heterocycles. The molecule has 0 N–H and O–H groups in total. The molecule has 3 aromatic rings. The lowest BCUT2D eigenvalue weighted by atomic mass is 10.2. The minimum atomic E-state index is -0.0480. The molecule has 1 aliphatic rings. The van der Waals surface area contributed by atoms with Crippen molar-refractivity contribution >= 4 is 32.6 Å². The Bertz CT molecular complexity index is 1060. The molecule has 4 rings (SSSR count). The average molecular weight is 484 g/mol. The van der Waals surface area contributed by atoms with E-state index in [-0.39, 0.29) is 5.91 Å². The van der Waals surface area contributed by atoms with Crippen LogP contribution in [0, 0.1) is 0 Å². The summed E-state index contributed by atoms with van der Waals surface area (Å²) in [5, 5.41) is 0.707. The Morgan fingerprint density at radius 3 is 2.62 bits per heavy atom. The van der Waals surface area contributed by atoms with Crippen molar-refractivity contribution in [2.24, 2.45) is 0 Å². The molecule has 34 heavy (non-hydrogen) atoms. The minimum Gasteiger partial charge on any atom is -0.497 e. The lowest BCUT2D eigenvalue weighted by Gasteiger charge is -2.27. The predicted octanol–water partition coefficient (Wildman–Crippen LogP) is 4.85. The molecule has 0 radical (unpaired) electrons. The van der Waals surface area contributed by atoms with E-state index < -0.39 is 0 Å². The monoisotopic (exact) mass is 483 g/mol. The van der Waals surface area contributed by atoms with Crippen LogP contribution in [0.3, 0.4) is 0 Å². The zero-order valence-corrected chi connectivity index (χ0v) is 20.8. The number of anilines is 1. The van der Waals surface area contributed by atoms with E-state index in [0.717, 1.165) is 73.8 Å². The summed E-state index contributed by atoms with van der Waals surface area (Å²) < 4.78 is 17.6. The number of nitrogens with zero attached hydrogens (tertiary/aromatic N) is 3. The number of aromatic nitrogens is 1. The number of ether oxygens (including phenoxy) is 3. The molecular weight excluding hydrogens is 450 g/mol. The van der Waals surface area contributed by atoms with Crippen LogP contribution in [0.15, 0.2) is 42.5 Å². The first-order chi connectivity index (χ1) is 16.7. The fourth-order valence-corrected chi connectivity index (χ4v) is 4.85. The third-order valence-electron chi connectivity index (χ3n) is 5.89. The summed E-state index contributed by atoms with van der Waals surface area (Å²) in [7, 11) is 1.64. The second kappa shape index (κ2) is 12.1. The molecule has 1 aromatic heterocycles. The zero-order valence-electron chi connectivity index (χ0n) is 20.0. The molecule has 2 aromatic carbocycles. The van der Waals surface area contributed by atoms with E-state index in [4.69, 9.17) is 19.2 Å². The van der Waals surface area contributed by atoms with Crippen LogP contribution in [0.1, 0.15) is 36.5 Å². The number of unbranched alkanes of at least 4 members (excludes halogenated alkanes) is 1. The van der Waals surface area contributed by atoms with E-state index in [2.05, 4.69) is 11.8 Å². The van der Waals surface area contributed by atoms with E-state index >= 15 is 0 Å². The van der Waals surface area contributed by atoms with Gasteiger partial charge in [0.05, 0.1) is 37.1 Å². The van der Waals surface area contributed by atoms with Gasteiger partial charge in [-0.2, -0.15) is 0 Å². The molecule has 8 heteroatoms. The number of carbonyl (C=O) groups excluding carboxylic acids is 1. The maximum atomic E-state index is 13.6. The average Bonchev–Trinajstić information content (AvgIpc) is 3.30. The number of hydrogen-bond donors (Lipinski definition) is 0. The number of amides is 1. The van der Waals surface area contributed by atoms with Crippen molar-refractivity contribution in [1.29, 1.82) is 0 Å². The molecule has 0 bridgehead atoms. The molecular formula is C26H33N3O4S. The Labute approximate surface area is 205 Å². The van der Waals surface area contributed by atoms with Crippen LogP contribution in [0.2, 0.25) is 0 Å². The van der Waals surface area contributed by atoms with Crippen LogP contribution in [0.25, 0.3) is 10.2 Å². The van der Waals surface area contributed by atoms with Crippen molar-refractivity contribution in [3.05, 3.63) is 48.0 Å². The highest BCUT2D eigenvalue weighted by molar-refractivity contribution is 7.22. The van der Waals surface area contributed by atoms with Crippen LogP contribution in [0.4, 0.5) is 5.13 Å². The number of methoxy groups -OCH3 is 1. The van der Waals surface area contributed by atoms with Crippen molar-refractivity contribution in [2.75, 3.05) is 58.0 Å². The molecule has 0 saturated carbocycles. The summed E-state index contributed by atoms with van der Waals surface area (Å²) >= 11 is 1.53. The van der Waals surface area contributed by atoms with Gasteiger partial charge in [-0.1, -0.05) is 24.7 Å². The summed E-state index contributed by atoms with van der Waals surface area (Å²) in [5.74, 6) is 1.50. The van der Waals surface area contributed by atoms with Crippen molar-refractivity contribution < 1.29 is 19.0 Å². The standard InChI is InChI=1S/C26H33N3O4S/c1-3-4-16-33-21-8-6-20(7-9-21)25(30)29(13-5-12-28-14-17-32-18-15-28)26-27-23-19-22(31-2)10-11-24(23)34-26/h6-11,19H,3-5,12-18H2,1-2H3. The summed E-state index contributed by atoms with van der Waals surface area (Å²) in [5.41, 5.74) is 1.47. The first-order valence-electron chi connectivity index (χ1n) is 12.0. The fourth-order valence-electron chi connectivity index (χ4n) is 3.88. The van der Waals surface area contributed by atoms with E-state index in [1.54, 1.807) is 7.11 Å². The largest absolute Gasteiger partial charge is 0.497 e. The number of benzene rings is 2. The summed E-state index contributed by atoms with van der Waals surface area (Å²) in [6, 6.07) is 13.3. The highest BCUT2D eigenvalue weighted by Gasteiger charge is 2.22. The SMILES string of the molecule is CCCCOc1ccc(C(=O)N(CCCN2CCOCC2)c2nc3cc(OC)ccc3s2)cc1. The smallest absolute Gasteiger partial charge is 0.260 e. The normalized spacial score (nSPS) is 14.3. The second-order valence-corrected chi connectivity index (χ2v) is 9.33. The van der Waals surface area contributed by atoms with Crippen LogP contribution in [-0.2, 0) is 4.74 Å². The molecule has 2 heterocycles. The number of thiazole rings is 1.